The molecule has 3 atom stereocenters. The Morgan fingerprint density at radius 1 is 1.00 bits per heavy atom. The average Bonchev–Trinajstić information content (AvgIpc) is 3.08. The van der Waals surface area contributed by atoms with Gasteiger partial charge in [-0.25, -0.2) is 9.79 Å². The number of nitrogens with zero attached hydrogens (tertiary/aromatic N) is 1. The standard InChI is InChI=1S/C22H21NO5/c1-26-18-11-7-6-10-16(18)17-12-15(24)13-19(27-2)22(17)21(25)28-20(23-22)14-8-4-3-5-9-14/h3-11,17,19H,12-13H2,1-2H3/t17-,19-,22+/m1/s1. The molecule has 6 heteroatoms. The molecule has 28 heavy (non-hydrogen) atoms. The number of carbonyl (C=O) groups excluding carboxylic acids is 2. The summed E-state index contributed by atoms with van der Waals surface area (Å²) in [6.07, 6.45) is -0.429. The average molecular weight is 379 g/mol. The fourth-order valence-corrected chi connectivity index (χ4v) is 4.15. The molecule has 144 valence electrons. The molecule has 1 aliphatic carbocycles. The smallest absolute Gasteiger partial charge is 0.344 e. The fourth-order valence-electron chi connectivity index (χ4n) is 4.15. The quantitative estimate of drug-likeness (QED) is 0.764. The molecule has 2 aliphatic rings. The summed E-state index contributed by atoms with van der Waals surface area (Å²) in [4.78, 5) is 30.5. The number of esters is 1. The zero-order valence-corrected chi connectivity index (χ0v) is 15.8. The van der Waals surface area contributed by atoms with Crippen LogP contribution in [0.15, 0.2) is 59.6 Å². The second-order valence-corrected chi connectivity index (χ2v) is 6.96. The van der Waals surface area contributed by atoms with E-state index in [1.165, 1.54) is 7.11 Å². The third kappa shape index (κ3) is 2.81. The lowest BCUT2D eigenvalue weighted by atomic mass is 9.67. The SMILES string of the molecule is COc1ccccc1[C@H]1CC(=O)C[C@@H](OC)[C@@]12N=C(c1ccccc1)OC2=O. The predicted molar refractivity (Wildman–Crippen MR) is 103 cm³/mol. The van der Waals surface area contributed by atoms with Crippen molar-refractivity contribution in [2.45, 2.75) is 30.4 Å². The normalized spacial score (nSPS) is 26.9. The molecule has 2 aromatic rings. The number of aliphatic imine (C=N–C) groups is 1. The van der Waals surface area contributed by atoms with Crippen LogP contribution < -0.4 is 4.74 Å². The van der Waals surface area contributed by atoms with Crippen molar-refractivity contribution in [2.75, 3.05) is 14.2 Å². The van der Waals surface area contributed by atoms with Crippen molar-refractivity contribution in [2.24, 2.45) is 4.99 Å². The van der Waals surface area contributed by atoms with Crippen LogP contribution in [0.4, 0.5) is 0 Å². The first-order valence-corrected chi connectivity index (χ1v) is 9.15. The maximum absolute atomic E-state index is 13.2. The lowest BCUT2D eigenvalue weighted by Gasteiger charge is -2.41. The van der Waals surface area contributed by atoms with Crippen molar-refractivity contribution in [3.8, 4) is 5.75 Å². The number of rotatable bonds is 4. The number of benzene rings is 2. The number of hydrogen-bond acceptors (Lipinski definition) is 6. The maximum atomic E-state index is 13.2. The van der Waals surface area contributed by atoms with Gasteiger partial charge in [-0.2, -0.15) is 0 Å². The highest BCUT2D eigenvalue weighted by atomic mass is 16.6. The van der Waals surface area contributed by atoms with Gasteiger partial charge >= 0.3 is 5.97 Å². The van der Waals surface area contributed by atoms with Crippen molar-refractivity contribution >= 4 is 17.7 Å². The van der Waals surface area contributed by atoms with Crippen molar-refractivity contribution in [1.82, 2.24) is 0 Å². The minimum atomic E-state index is -1.33. The van der Waals surface area contributed by atoms with Crippen molar-refractivity contribution in [1.29, 1.82) is 0 Å². The zero-order valence-electron chi connectivity index (χ0n) is 15.8. The first-order valence-electron chi connectivity index (χ1n) is 9.15. The molecule has 0 amide bonds. The highest BCUT2D eigenvalue weighted by molar-refractivity contribution is 6.09. The van der Waals surface area contributed by atoms with Crippen LogP contribution in [0.5, 0.6) is 5.75 Å². The van der Waals surface area contributed by atoms with Gasteiger partial charge in [0.15, 0.2) is 5.54 Å². The summed E-state index contributed by atoms with van der Waals surface area (Å²) in [5.74, 6) is -0.163. The molecule has 1 spiro atoms. The second-order valence-electron chi connectivity index (χ2n) is 6.96. The molecular weight excluding hydrogens is 358 g/mol. The van der Waals surface area contributed by atoms with Gasteiger partial charge in [0.25, 0.3) is 0 Å². The van der Waals surface area contributed by atoms with E-state index >= 15 is 0 Å². The van der Waals surface area contributed by atoms with E-state index in [2.05, 4.69) is 0 Å². The summed E-state index contributed by atoms with van der Waals surface area (Å²) in [6, 6.07) is 16.6. The Morgan fingerprint density at radius 3 is 2.43 bits per heavy atom. The van der Waals surface area contributed by atoms with Gasteiger partial charge in [0.1, 0.15) is 17.6 Å². The van der Waals surface area contributed by atoms with Crippen LogP contribution in [0.3, 0.4) is 0 Å². The van der Waals surface area contributed by atoms with Gasteiger partial charge in [0.05, 0.1) is 7.11 Å². The number of cyclic esters (lactones) is 1. The third-order valence-electron chi connectivity index (χ3n) is 5.49. The molecule has 6 nitrogen and oxygen atoms in total. The van der Waals surface area contributed by atoms with Crippen molar-refractivity contribution in [3.63, 3.8) is 0 Å². The molecule has 1 saturated carbocycles. The van der Waals surface area contributed by atoms with Gasteiger partial charge in [-0.15, -0.1) is 0 Å². The van der Waals surface area contributed by atoms with Crippen LogP contribution in [-0.4, -0.2) is 43.5 Å². The molecule has 0 unspecified atom stereocenters. The number of para-hydroxylation sites is 1. The molecular formula is C22H21NO5. The summed E-state index contributed by atoms with van der Waals surface area (Å²) in [5, 5.41) is 0. The molecule has 0 radical (unpaired) electrons. The zero-order chi connectivity index (χ0) is 19.7. The minimum Gasteiger partial charge on any atom is -0.496 e. The molecule has 0 saturated heterocycles. The molecule has 1 aliphatic heterocycles. The van der Waals surface area contributed by atoms with Crippen molar-refractivity contribution in [3.05, 3.63) is 65.7 Å². The molecule has 1 heterocycles. The number of ketones is 1. The number of hydrogen-bond donors (Lipinski definition) is 0. The Hall–Kier alpha value is -2.99. The van der Waals surface area contributed by atoms with E-state index in [4.69, 9.17) is 19.2 Å². The largest absolute Gasteiger partial charge is 0.496 e. The number of carbonyl (C=O) groups is 2. The van der Waals surface area contributed by atoms with Gasteiger partial charge < -0.3 is 14.2 Å². The van der Waals surface area contributed by atoms with Crippen LogP contribution in [0, 0.1) is 0 Å². The third-order valence-corrected chi connectivity index (χ3v) is 5.49. The molecule has 1 fully saturated rings. The molecule has 2 aromatic carbocycles. The number of Topliss-reactive ketones (excluding diaryl/α,β-unsaturated/α-hetero) is 1. The summed E-state index contributed by atoms with van der Waals surface area (Å²) >= 11 is 0. The van der Waals surface area contributed by atoms with Gasteiger partial charge in [-0.1, -0.05) is 36.4 Å². The topological polar surface area (TPSA) is 74.2 Å². The van der Waals surface area contributed by atoms with Crippen LogP contribution >= 0.6 is 0 Å². The van der Waals surface area contributed by atoms with E-state index in [-0.39, 0.29) is 24.5 Å². The van der Waals surface area contributed by atoms with Crippen LogP contribution in [0.25, 0.3) is 0 Å². The van der Waals surface area contributed by atoms with Crippen LogP contribution in [0.2, 0.25) is 0 Å². The van der Waals surface area contributed by atoms with Crippen LogP contribution in [-0.2, 0) is 19.1 Å². The Kier molecular flexibility index (Phi) is 4.73. The van der Waals surface area contributed by atoms with Gasteiger partial charge in [0, 0.05) is 37.0 Å². The van der Waals surface area contributed by atoms with E-state index in [1.54, 1.807) is 7.11 Å². The van der Waals surface area contributed by atoms with E-state index < -0.39 is 23.5 Å². The minimum absolute atomic E-state index is 0.0181. The number of methoxy groups -OCH3 is 2. The summed E-state index contributed by atoms with van der Waals surface area (Å²) in [6.45, 7) is 0. The summed E-state index contributed by atoms with van der Waals surface area (Å²) in [5.41, 5.74) is 0.121. The maximum Gasteiger partial charge on any atom is 0.344 e. The first kappa shape index (κ1) is 18.4. The van der Waals surface area contributed by atoms with Crippen molar-refractivity contribution < 1.29 is 23.8 Å². The Bertz CT molecular complexity index is 939. The van der Waals surface area contributed by atoms with Gasteiger partial charge in [-0.3, -0.25) is 4.79 Å². The van der Waals surface area contributed by atoms with Gasteiger partial charge in [0.2, 0.25) is 5.90 Å². The first-order chi connectivity index (χ1) is 13.6. The molecule has 0 aromatic heterocycles. The molecule has 0 bridgehead atoms. The van der Waals surface area contributed by atoms with E-state index in [9.17, 15) is 9.59 Å². The Labute approximate surface area is 163 Å². The molecule has 0 N–H and O–H groups in total. The summed E-state index contributed by atoms with van der Waals surface area (Å²) in [7, 11) is 3.06. The monoisotopic (exact) mass is 379 g/mol. The Morgan fingerprint density at radius 2 is 1.71 bits per heavy atom. The fraction of sp³-hybridized carbons (Fsp3) is 0.318. The van der Waals surface area contributed by atoms with Gasteiger partial charge in [-0.05, 0) is 18.2 Å². The lowest BCUT2D eigenvalue weighted by Crippen LogP contribution is -2.56. The van der Waals surface area contributed by atoms with E-state index in [0.29, 0.717) is 11.3 Å². The number of ether oxygens (including phenoxy) is 3. The predicted octanol–water partition coefficient (Wildman–Crippen LogP) is 2.90. The lowest BCUT2D eigenvalue weighted by molar-refractivity contribution is -0.149. The summed E-state index contributed by atoms with van der Waals surface area (Å²) < 4.78 is 16.7. The molecule has 4 rings (SSSR count). The van der Waals surface area contributed by atoms with E-state index in [0.717, 1.165) is 5.56 Å². The highest BCUT2D eigenvalue weighted by Crippen LogP contribution is 2.49. The van der Waals surface area contributed by atoms with Crippen LogP contribution in [0.1, 0.15) is 29.9 Å². The Balaban J connectivity index is 1.90. The second kappa shape index (κ2) is 7.20. The van der Waals surface area contributed by atoms with E-state index in [1.807, 2.05) is 54.6 Å². The highest BCUT2D eigenvalue weighted by Gasteiger charge is 2.61.